The van der Waals surface area contributed by atoms with Gasteiger partial charge in [0.05, 0.1) is 4.90 Å². The van der Waals surface area contributed by atoms with Crippen molar-refractivity contribution in [2.24, 2.45) is 0 Å². The quantitative estimate of drug-likeness (QED) is 0.680. The molecule has 0 fully saturated rings. The van der Waals surface area contributed by atoms with Gasteiger partial charge in [-0.1, -0.05) is 17.7 Å². The van der Waals surface area contributed by atoms with Crippen molar-refractivity contribution in [3.63, 3.8) is 0 Å². The largest absolute Gasteiger partial charge is 0.454 e. The molecule has 1 aromatic heterocycles. The van der Waals surface area contributed by atoms with Gasteiger partial charge in [-0.25, -0.2) is 8.42 Å². The Morgan fingerprint density at radius 2 is 1.75 bits per heavy atom. The molecule has 144 valence electrons. The molecule has 28 heavy (non-hydrogen) atoms. The predicted molar refractivity (Wildman–Crippen MR) is 99.3 cm³/mol. The van der Waals surface area contributed by atoms with E-state index in [0.29, 0.717) is 16.5 Å². The summed E-state index contributed by atoms with van der Waals surface area (Å²) in [6, 6.07) is 13.6. The number of fused-ring (bicyclic) bond motifs is 1. The topological polar surface area (TPSA) is 94.8 Å². The standard InChI is InChI=1S/C19H14ClNO6S/c20-13-2-4-14(5-3-13)28(23,24)18-8-7-16(27-18)19(22)21-10-12-1-6-15-17(9-12)26-11-25-15/h1-9H,10-11H2,(H,21,22). The first-order chi connectivity index (χ1) is 13.4. The van der Waals surface area contributed by atoms with Gasteiger partial charge in [0.2, 0.25) is 21.7 Å². The van der Waals surface area contributed by atoms with Crippen LogP contribution in [-0.2, 0) is 16.4 Å². The van der Waals surface area contributed by atoms with Crippen molar-refractivity contribution in [2.45, 2.75) is 16.5 Å². The monoisotopic (exact) mass is 419 g/mol. The number of rotatable bonds is 5. The van der Waals surface area contributed by atoms with E-state index < -0.39 is 15.7 Å². The summed E-state index contributed by atoms with van der Waals surface area (Å²) in [6.07, 6.45) is 0. The highest BCUT2D eigenvalue weighted by Gasteiger charge is 2.23. The first kappa shape index (κ1) is 18.4. The number of carbonyl (C=O) groups excluding carboxylic acids is 1. The summed E-state index contributed by atoms with van der Waals surface area (Å²) >= 11 is 5.78. The van der Waals surface area contributed by atoms with Gasteiger partial charge in [0.1, 0.15) is 0 Å². The average Bonchev–Trinajstić information content (AvgIpc) is 3.36. The number of nitrogens with one attached hydrogen (secondary N) is 1. The molecule has 2 aromatic carbocycles. The van der Waals surface area contributed by atoms with E-state index in [9.17, 15) is 13.2 Å². The zero-order valence-electron chi connectivity index (χ0n) is 14.3. The molecule has 0 unspecified atom stereocenters. The summed E-state index contributed by atoms with van der Waals surface area (Å²) < 4.78 is 41.0. The minimum atomic E-state index is -3.88. The molecule has 4 rings (SSSR count). The van der Waals surface area contributed by atoms with Crippen LogP contribution in [0.4, 0.5) is 0 Å². The second-order valence-corrected chi connectivity index (χ2v) is 8.26. The van der Waals surface area contributed by atoms with E-state index in [1.54, 1.807) is 18.2 Å². The summed E-state index contributed by atoms with van der Waals surface area (Å²) in [7, 11) is -3.88. The Bertz CT molecular complexity index is 1140. The Morgan fingerprint density at radius 1 is 1.00 bits per heavy atom. The van der Waals surface area contributed by atoms with E-state index in [1.807, 2.05) is 0 Å². The van der Waals surface area contributed by atoms with Crippen LogP contribution in [0.2, 0.25) is 5.02 Å². The molecule has 0 saturated carbocycles. The number of hydrogen-bond donors (Lipinski definition) is 1. The van der Waals surface area contributed by atoms with Crippen LogP contribution < -0.4 is 14.8 Å². The highest BCUT2D eigenvalue weighted by molar-refractivity contribution is 7.91. The summed E-state index contributed by atoms with van der Waals surface area (Å²) in [5.74, 6) is 0.628. The molecule has 7 nitrogen and oxygen atoms in total. The molecule has 0 atom stereocenters. The molecule has 2 heterocycles. The maximum absolute atomic E-state index is 12.6. The molecule has 3 aromatic rings. The SMILES string of the molecule is O=C(NCc1ccc2c(c1)OCO2)c1ccc(S(=O)(=O)c2ccc(Cl)cc2)o1. The van der Waals surface area contributed by atoms with Crippen molar-refractivity contribution < 1.29 is 27.1 Å². The minimum Gasteiger partial charge on any atom is -0.454 e. The molecule has 0 radical (unpaired) electrons. The number of halogens is 1. The van der Waals surface area contributed by atoms with Crippen LogP contribution in [0.3, 0.4) is 0 Å². The van der Waals surface area contributed by atoms with Crippen LogP contribution in [-0.4, -0.2) is 21.1 Å². The summed E-state index contributed by atoms with van der Waals surface area (Å²) in [5.41, 5.74) is 0.804. The fourth-order valence-electron chi connectivity index (χ4n) is 2.64. The van der Waals surface area contributed by atoms with Gasteiger partial charge >= 0.3 is 0 Å². The Kier molecular flexibility index (Phi) is 4.74. The van der Waals surface area contributed by atoms with Crippen molar-refractivity contribution in [1.82, 2.24) is 5.32 Å². The van der Waals surface area contributed by atoms with Gasteiger partial charge in [-0.15, -0.1) is 0 Å². The number of carbonyl (C=O) groups is 1. The first-order valence-electron chi connectivity index (χ1n) is 8.21. The Morgan fingerprint density at radius 3 is 2.54 bits per heavy atom. The smallest absolute Gasteiger partial charge is 0.287 e. The Balaban J connectivity index is 1.46. The Labute approximate surface area is 165 Å². The van der Waals surface area contributed by atoms with E-state index in [-0.39, 0.29) is 29.1 Å². The second-order valence-electron chi connectivity index (χ2n) is 5.95. The first-order valence-corrected chi connectivity index (χ1v) is 10.1. The highest BCUT2D eigenvalue weighted by Crippen LogP contribution is 2.32. The van der Waals surface area contributed by atoms with Crippen molar-refractivity contribution in [1.29, 1.82) is 0 Å². The Hall–Kier alpha value is -2.97. The number of sulfone groups is 1. The van der Waals surface area contributed by atoms with E-state index in [0.717, 1.165) is 5.56 Å². The average molecular weight is 420 g/mol. The van der Waals surface area contributed by atoms with E-state index >= 15 is 0 Å². The van der Waals surface area contributed by atoms with Crippen LogP contribution >= 0.6 is 11.6 Å². The fourth-order valence-corrected chi connectivity index (χ4v) is 3.94. The van der Waals surface area contributed by atoms with Gasteiger partial charge in [-0.3, -0.25) is 4.79 Å². The molecule has 1 amide bonds. The number of furan rings is 1. The minimum absolute atomic E-state index is 0.0265. The lowest BCUT2D eigenvalue weighted by Crippen LogP contribution is -2.22. The van der Waals surface area contributed by atoms with Crippen LogP contribution in [0, 0.1) is 0 Å². The number of hydrogen-bond acceptors (Lipinski definition) is 6. The van der Waals surface area contributed by atoms with E-state index in [2.05, 4.69) is 5.32 Å². The van der Waals surface area contributed by atoms with Crippen molar-refractivity contribution >= 4 is 27.3 Å². The fraction of sp³-hybridized carbons (Fsp3) is 0.105. The third-order valence-electron chi connectivity index (χ3n) is 4.08. The summed E-state index contributed by atoms with van der Waals surface area (Å²) in [6.45, 7) is 0.387. The van der Waals surface area contributed by atoms with Gasteiger partial charge in [0.25, 0.3) is 5.91 Å². The van der Waals surface area contributed by atoms with Gasteiger partial charge in [-0.05, 0) is 54.1 Å². The van der Waals surface area contributed by atoms with Gasteiger partial charge < -0.3 is 19.2 Å². The van der Waals surface area contributed by atoms with Crippen molar-refractivity contribution in [3.05, 3.63) is 70.9 Å². The number of amides is 1. The lowest BCUT2D eigenvalue weighted by molar-refractivity contribution is 0.0917. The number of benzene rings is 2. The zero-order valence-corrected chi connectivity index (χ0v) is 15.9. The van der Waals surface area contributed by atoms with Gasteiger partial charge in [-0.2, -0.15) is 0 Å². The molecule has 1 aliphatic rings. The molecule has 0 saturated heterocycles. The van der Waals surface area contributed by atoms with Gasteiger partial charge in [0, 0.05) is 11.6 Å². The number of ether oxygens (including phenoxy) is 2. The zero-order chi connectivity index (χ0) is 19.7. The maximum Gasteiger partial charge on any atom is 0.287 e. The maximum atomic E-state index is 12.6. The van der Waals surface area contributed by atoms with E-state index in [1.165, 1.54) is 36.4 Å². The lowest BCUT2D eigenvalue weighted by Gasteiger charge is -2.05. The summed E-state index contributed by atoms with van der Waals surface area (Å²) in [4.78, 5) is 12.3. The molecule has 1 aliphatic heterocycles. The molecule has 1 N–H and O–H groups in total. The second kappa shape index (κ2) is 7.21. The third-order valence-corrected chi connectivity index (χ3v) is 5.98. The van der Waals surface area contributed by atoms with Crippen LogP contribution in [0.1, 0.15) is 16.1 Å². The van der Waals surface area contributed by atoms with Crippen molar-refractivity contribution in [2.75, 3.05) is 6.79 Å². The normalized spacial score (nSPS) is 12.8. The molecular weight excluding hydrogens is 406 g/mol. The summed E-state index contributed by atoms with van der Waals surface area (Å²) in [5, 5.41) is 2.78. The van der Waals surface area contributed by atoms with Crippen LogP contribution in [0.25, 0.3) is 0 Å². The molecule has 0 spiro atoms. The van der Waals surface area contributed by atoms with Crippen LogP contribution in [0.15, 0.2) is 69.0 Å². The van der Waals surface area contributed by atoms with Crippen LogP contribution in [0.5, 0.6) is 11.5 Å². The molecule has 0 aliphatic carbocycles. The predicted octanol–water partition coefficient (Wildman–Crippen LogP) is 3.42. The highest BCUT2D eigenvalue weighted by atomic mass is 35.5. The van der Waals surface area contributed by atoms with Crippen molar-refractivity contribution in [3.8, 4) is 11.5 Å². The van der Waals surface area contributed by atoms with Gasteiger partial charge in [0.15, 0.2) is 17.3 Å². The van der Waals surface area contributed by atoms with E-state index in [4.69, 9.17) is 25.5 Å². The lowest BCUT2D eigenvalue weighted by atomic mass is 10.2. The molecule has 9 heteroatoms. The molecular formula is C19H14ClNO6S. The molecule has 0 bridgehead atoms. The third kappa shape index (κ3) is 3.56.